The van der Waals surface area contributed by atoms with Crippen molar-refractivity contribution < 1.29 is 9.13 Å². The van der Waals surface area contributed by atoms with Gasteiger partial charge >= 0.3 is 0 Å². The Labute approximate surface area is 202 Å². The number of ether oxygens (including phenoxy) is 1. The van der Waals surface area contributed by atoms with Gasteiger partial charge in [0.15, 0.2) is 11.6 Å². The van der Waals surface area contributed by atoms with Crippen LogP contribution in [0.4, 0.5) is 10.2 Å². The van der Waals surface area contributed by atoms with Crippen LogP contribution in [0.2, 0.25) is 10.0 Å². The quantitative estimate of drug-likeness (QED) is 0.441. The largest absolute Gasteiger partial charge is 0.482 e. The number of nitrogens with zero attached hydrogens (tertiary/aromatic N) is 3. The van der Waals surface area contributed by atoms with Gasteiger partial charge in [-0.3, -0.25) is 4.68 Å². The number of nitrogens with one attached hydrogen (secondary N) is 1. The van der Waals surface area contributed by atoms with Gasteiger partial charge in [-0.1, -0.05) is 23.2 Å². The molecule has 174 valence electrons. The third kappa shape index (κ3) is 4.29. The first-order valence-electron chi connectivity index (χ1n) is 11.2. The molecule has 3 N–H and O–H groups in total. The van der Waals surface area contributed by atoms with Crippen LogP contribution in [-0.4, -0.2) is 27.9 Å². The first-order chi connectivity index (χ1) is 15.8. The molecule has 0 radical (unpaired) electrons. The summed E-state index contributed by atoms with van der Waals surface area (Å²) in [5, 5.41) is 8.32. The summed E-state index contributed by atoms with van der Waals surface area (Å²) >= 11 is 12.4. The van der Waals surface area contributed by atoms with Crippen LogP contribution in [0.1, 0.15) is 50.3 Å². The van der Waals surface area contributed by atoms with Gasteiger partial charge in [0.05, 0.1) is 17.3 Å². The van der Waals surface area contributed by atoms with E-state index in [0.29, 0.717) is 27.8 Å². The van der Waals surface area contributed by atoms with E-state index in [2.05, 4.69) is 26.3 Å². The average Bonchev–Trinajstić information content (AvgIpc) is 3.27. The zero-order chi connectivity index (χ0) is 23.2. The molecule has 0 bridgehead atoms. The number of piperidine rings is 1. The molecule has 3 aromatic rings. The molecular formula is C24H26Cl2FN5O. The topological polar surface area (TPSA) is 78.0 Å². The normalized spacial score (nSPS) is 18.8. The van der Waals surface area contributed by atoms with Crippen molar-refractivity contribution in [2.45, 2.75) is 44.8 Å². The predicted octanol–water partition coefficient (Wildman–Crippen LogP) is 5.82. The second-order valence-electron chi connectivity index (χ2n) is 9.15. The maximum Gasteiger partial charge on any atom is 0.166 e. The van der Waals surface area contributed by atoms with Gasteiger partial charge in [0.1, 0.15) is 11.9 Å². The number of hydrogen-bond donors (Lipinski definition) is 2. The number of nitrogens with two attached hydrogens (primary N) is 1. The molecule has 1 aliphatic carbocycles. The van der Waals surface area contributed by atoms with Crippen molar-refractivity contribution in [3.05, 3.63) is 58.2 Å². The van der Waals surface area contributed by atoms with Gasteiger partial charge in [0.25, 0.3) is 0 Å². The zero-order valence-corrected chi connectivity index (χ0v) is 19.8. The summed E-state index contributed by atoms with van der Waals surface area (Å²) in [4.78, 5) is 4.29. The maximum absolute atomic E-state index is 13.9. The Bertz CT molecular complexity index is 1170. The number of benzene rings is 1. The van der Waals surface area contributed by atoms with Crippen molar-refractivity contribution in [3.8, 4) is 16.9 Å². The third-order valence-electron chi connectivity index (χ3n) is 6.98. The molecule has 2 aliphatic rings. The second-order valence-corrected chi connectivity index (χ2v) is 9.93. The van der Waals surface area contributed by atoms with E-state index >= 15 is 0 Å². The van der Waals surface area contributed by atoms with Gasteiger partial charge in [-0.2, -0.15) is 5.10 Å². The summed E-state index contributed by atoms with van der Waals surface area (Å²) < 4.78 is 22.0. The van der Waals surface area contributed by atoms with Gasteiger partial charge in [0.2, 0.25) is 0 Å². The van der Waals surface area contributed by atoms with E-state index in [1.807, 2.05) is 12.3 Å². The molecule has 5 rings (SSSR count). The van der Waals surface area contributed by atoms with Gasteiger partial charge < -0.3 is 15.8 Å². The molecule has 1 spiro atoms. The summed E-state index contributed by atoms with van der Waals surface area (Å²) in [5.74, 6) is 0.0518. The molecule has 33 heavy (non-hydrogen) atoms. The Morgan fingerprint density at radius 1 is 1.21 bits per heavy atom. The fourth-order valence-corrected chi connectivity index (χ4v) is 5.73. The molecule has 1 aliphatic heterocycles. The molecule has 1 aromatic carbocycles. The van der Waals surface area contributed by atoms with Crippen LogP contribution < -0.4 is 15.8 Å². The molecule has 2 aromatic heterocycles. The van der Waals surface area contributed by atoms with Crippen LogP contribution in [0.5, 0.6) is 5.75 Å². The molecule has 1 atom stereocenters. The van der Waals surface area contributed by atoms with Crippen molar-refractivity contribution in [1.29, 1.82) is 0 Å². The molecule has 9 heteroatoms. The standard InChI is InChI=1S/C24H26Cl2FN5O/c1-14(21-18(25)2-3-19(27)22(21)26)33-20-8-15(11-30-23(20)28)16-12-31-32(13-16)17-9-24(10-17)4-6-29-7-5-24/h2-3,8,11-14,17,29H,4-7,9-10H2,1H3,(H2,28,30)/t14-/m1/s1. The van der Waals surface area contributed by atoms with E-state index in [4.69, 9.17) is 33.7 Å². The van der Waals surface area contributed by atoms with Crippen molar-refractivity contribution in [3.63, 3.8) is 0 Å². The van der Waals surface area contributed by atoms with Crippen LogP contribution >= 0.6 is 23.2 Å². The Hall–Kier alpha value is -2.35. The van der Waals surface area contributed by atoms with E-state index in [1.165, 1.54) is 37.8 Å². The van der Waals surface area contributed by atoms with Crippen LogP contribution in [0.25, 0.3) is 11.1 Å². The number of halogens is 3. The van der Waals surface area contributed by atoms with Gasteiger partial charge in [-0.25, -0.2) is 9.37 Å². The highest BCUT2D eigenvalue weighted by Crippen LogP contribution is 2.53. The summed E-state index contributed by atoms with van der Waals surface area (Å²) in [7, 11) is 0. The Morgan fingerprint density at radius 3 is 2.73 bits per heavy atom. The fourth-order valence-electron chi connectivity index (χ4n) is 5.05. The van der Waals surface area contributed by atoms with E-state index < -0.39 is 11.9 Å². The Morgan fingerprint density at radius 2 is 1.97 bits per heavy atom. The second kappa shape index (κ2) is 8.78. The van der Waals surface area contributed by atoms with Gasteiger partial charge in [-0.05, 0) is 69.3 Å². The van der Waals surface area contributed by atoms with E-state index in [9.17, 15) is 4.39 Å². The molecule has 0 amide bonds. The highest BCUT2D eigenvalue weighted by atomic mass is 35.5. The lowest BCUT2D eigenvalue weighted by Crippen LogP contribution is -2.46. The number of pyridine rings is 1. The lowest BCUT2D eigenvalue weighted by atomic mass is 9.60. The van der Waals surface area contributed by atoms with Gasteiger partial charge in [0, 0.05) is 34.1 Å². The fraction of sp³-hybridized carbons (Fsp3) is 0.417. The minimum Gasteiger partial charge on any atom is -0.482 e. The number of rotatable bonds is 5. The predicted molar refractivity (Wildman–Crippen MR) is 128 cm³/mol. The first-order valence-corrected chi connectivity index (χ1v) is 11.9. The minimum absolute atomic E-state index is 0.0639. The van der Waals surface area contributed by atoms with E-state index in [-0.39, 0.29) is 10.8 Å². The summed E-state index contributed by atoms with van der Waals surface area (Å²) in [5.41, 5.74) is 8.69. The monoisotopic (exact) mass is 489 g/mol. The number of aromatic nitrogens is 3. The van der Waals surface area contributed by atoms with Gasteiger partial charge in [-0.15, -0.1) is 0 Å². The molecule has 2 fully saturated rings. The summed E-state index contributed by atoms with van der Waals surface area (Å²) in [6, 6.07) is 4.94. The Balaban J connectivity index is 1.33. The number of anilines is 1. The molecule has 3 heterocycles. The number of nitrogen functional groups attached to an aromatic ring is 1. The van der Waals surface area contributed by atoms with Crippen LogP contribution in [0.15, 0.2) is 36.8 Å². The maximum atomic E-state index is 13.9. The van der Waals surface area contributed by atoms with E-state index in [1.54, 1.807) is 13.1 Å². The van der Waals surface area contributed by atoms with Crippen LogP contribution in [0, 0.1) is 11.2 Å². The lowest BCUT2D eigenvalue weighted by Gasteiger charge is -2.50. The Kier molecular flexibility index (Phi) is 5.97. The molecule has 1 saturated heterocycles. The van der Waals surface area contributed by atoms with Crippen molar-refractivity contribution >= 4 is 29.0 Å². The van der Waals surface area contributed by atoms with E-state index in [0.717, 1.165) is 24.2 Å². The van der Waals surface area contributed by atoms with Crippen molar-refractivity contribution in [1.82, 2.24) is 20.1 Å². The highest BCUT2D eigenvalue weighted by molar-refractivity contribution is 6.36. The smallest absolute Gasteiger partial charge is 0.166 e. The minimum atomic E-state index is -0.626. The molecule has 6 nitrogen and oxygen atoms in total. The van der Waals surface area contributed by atoms with Crippen molar-refractivity contribution in [2.24, 2.45) is 5.41 Å². The zero-order valence-electron chi connectivity index (χ0n) is 18.3. The molecular weight excluding hydrogens is 464 g/mol. The van der Waals surface area contributed by atoms with Crippen molar-refractivity contribution in [2.75, 3.05) is 18.8 Å². The highest BCUT2D eigenvalue weighted by Gasteiger charge is 2.45. The summed E-state index contributed by atoms with van der Waals surface area (Å²) in [6.45, 7) is 3.97. The molecule has 1 saturated carbocycles. The average molecular weight is 490 g/mol. The summed E-state index contributed by atoms with van der Waals surface area (Å²) in [6.07, 6.45) is 9.82. The first kappa shape index (κ1) is 22.4. The van der Waals surface area contributed by atoms with Crippen LogP contribution in [-0.2, 0) is 0 Å². The number of hydrogen-bond acceptors (Lipinski definition) is 5. The van der Waals surface area contributed by atoms with Crippen LogP contribution in [0.3, 0.4) is 0 Å². The lowest BCUT2D eigenvalue weighted by molar-refractivity contribution is 0.0230. The third-order valence-corrected chi connectivity index (χ3v) is 7.70. The molecule has 0 unspecified atom stereocenters. The SMILES string of the molecule is C[C@@H](Oc1cc(-c2cnn(C3CC4(CCNCC4)C3)c2)cnc1N)c1c(Cl)ccc(F)c1Cl.